The number of fused-ring (bicyclic) bond motifs is 1. The van der Waals surface area contributed by atoms with Gasteiger partial charge in [-0.15, -0.1) is 0 Å². The van der Waals surface area contributed by atoms with Crippen LogP contribution in [0.2, 0.25) is 0 Å². The van der Waals surface area contributed by atoms with Gasteiger partial charge in [0.15, 0.2) is 11.5 Å². The number of nitrogens with zero attached hydrogens (tertiary/aromatic N) is 1. The van der Waals surface area contributed by atoms with Crippen LogP contribution in [0.3, 0.4) is 0 Å². The average molecular weight is 276 g/mol. The Bertz CT molecular complexity index is 508. The molecule has 2 aliphatic heterocycles. The third kappa shape index (κ3) is 2.45. The molecule has 1 saturated heterocycles. The zero-order valence-electron chi connectivity index (χ0n) is 11.9. The summed E-state index contributed by atoms with van der Waals surface area (Å²) in [5.74, 6) is 1.27. The molecular formula is C15H20N2O3. The summed E-state index contributed by atoms with van der Waals surface area (Å²) in [7, 11) is 0. The van der Waals surface area contributed by atoms with E-state index in [0.29, 0.717) is 55.4 Å². The molecule has 0 aromatic heterocycles. The lowest BCUT2D eigenvalue weighted by Crippen LogP contribution is -2.55. The number of benzene rings is 1. The van der Waals surface area contributed by atoms with Gasteiger partial charge in [0, 0.05) is 25.2 Å². The molecule has 2 heterocycles. The largest absolute Gasteiger partial charge is 0.486 e. The maximum Gasteiger partial charge on any atom is 0.257 e. The first-order chi connectivity index (χ1) is 9.65. The van der Waals surface area contributed by atoms with Gasteiger partial charge in [0.2, 0.25) is 0 Å². The first-order valence-corrected chi connectivity index (χ1v) is 7.09. The van der Waals surface area contributed by atoms with Crippen molar-refractivity contribution in [3.8, 4) is 11.5 Å². The van der Waals surface area contributed by atoms with Gasteiger partial charge in [0.05, 0.1) is 5.56 Å². The van der Waals surface area contributed by atoms with Crippen molar-refractivity contribution < 1.29 is 14.3 Å². The van der Waals surface area contributed by atoms with Crippen LogP contribution in [0.5, 0.6) is 11.5 Å². The number of carbonyl (C=O) groups excluding carboxylic acids is 1. The number of amides is 1. The molecule has 5 heteroatoms. The number of carbonyl (C=O) groups is 1. The number of hydrogen-bond donors (Lipinski definition) is 1. The fourth-order valence-corrected chi connectivity index (χ4v) is 2.91. The summed E-state index contributed by atoms with van der Waals surface area (Å²) in [6.45, 7) is 6.64. The Morgan fingerprint density at radius 1 is 1.20 bits per heavy atom. The molecule has 5 nitrogen and oxygen atoms in total. The van der Waals surface area contributed by atoms with Crippen molar-refractivity contribution >= 4 is 5.91 Å². The number of nitrogens with one attached hydrogen (secondary N) is 1. The van der Waals surface area contributed by atoms with E-state index in [1.54, 1.807) is 0 Å². The minimum Gasteiger partial charge on any atom is -0.486 e. The van der Waals surface area contributed by atoms with Crippen LogP contribution in [-0.4, -0.2) is 49.2 Å². The second-order valence-electron chi connectivity index (χ2n) is 5.51. The summed E-state index contributed by atoms with van der Waals surface area (Å²) in [4.78, 5) is 14.6. The van der Waals surface area contributed by atoms with Crippen LogP contribution in [-0.2, 0) is 0 Å². The average Bonchev–Trinajstić information content (AvgIpc) is 2.45. The summed E-state index contributed by atoms with van der Waals surface area (Å²) < 4.78 is 11.2. The number of piperazine rings is 1. The van der Waals surface area contributed by atoms with Gasteiger partial charge in [-0.1, -0.05) is 6.07 Å². The maximum atomic E-state index is 12.7. The Hall–Kier alpha value is -1.75. The van der Waals surface area contributed by atoms with Gasteiger partial charge in [-0.25, -0.2) is 0 Å². The van der Waals surface area contributed by atoms with E-state index in [0.717, 1.165) is 0 Å². The van der Waals surface area contributed by atoms with Crippen LogP contribution >= 0.6 is 0 Å². The molecule has 2 atom stereocenters. The molecule has 1 aromatic rings. The van der Waals surface area contributed by atoms with Gasteiger partial charge in [0.25, 0.3) is 5.91 Å². The number of hydrogen-bond acceptors (Lipinski definition) is 4. The second kappa shape index (κ2) is 5.32. The lowest BCUT2D eigenvalue weighted by molar-refractivity contribution is 0.0664. The van der Waals surface area contributed by atoms with E-state index in [1.807, 2.05) is 23.1 Å². The number of rotatable bonds is 1. The van der Waals surface area contributed by atoms with E-state index in [2.05, 4.69) is 19.2 Å². The minimum atomic E-state index is 0.0209. The summed E-state index contributed by atoms with van der Waals surface area (Å²) in [5.41, 5.74) is 0.600. The molecule has 0 spiro atoms. The molecule has 1 fully saturated rings. The van der Waals surface area contributed by atoms with Crippen molar-refractivity contribution in [2.24, 2.45) is 0 Å². The molecule has 3 rings (SSSR count). The lowest BCUT2D eigenvalue weighted by Gasteiger charge is -2.36. The van der Waals surface area contributed by atoms with Crippen LogP contribution in [0, 0.1) is 0 Å². The van der Waals surface area contributed by atoms with Crippen LogP contribution in [0.15, 0.2) is 18.2 Å². The molecule has 2 unspecified atom stereocenters. The zero-order valence-corrected chi connectivity index (χ0v) is 11.9. The molecular weight excluding hydrogens is 256 g/mol. The van der Waals surface area contributed by atoms with Gasteiger partial charge < -0.3 is 19.7 Å². The maximum absolute atomic E-state index is 12.7. The second-order valence-corrected chi connectivity index (χ2v) is 5.51. The van der Waals surface area contributed by atoms with Crippen molar-refractivity contribution in [2.45, 2.75) is 25.9 Å². The van der Waals surface area contributed by atoms with Crippen LogP contribution in [0.1, 0.15) is 24.2 Å². The summed E-state index contributed by atoms with van der Waals surface area (Å²) in [6.07, 6.45) is 0. The first kappa shape index (κ1) is 13.2. The smallest absolute Gasteiger partial charge is 0.257 e. The highest BCUT2D eigenvalue weighted by Gasteiger charge is 2.29. The molecule has 108 valence electrons. The zero-order chi connectivity index (χ0) is 14.1. The fourth-order valence-electron chi connectivity index (χ4n) is 2.91. The van der Waals surface area contributed by atoms with Gasteiger partial charge in [0.1, 0.15) is 13.2 Å². The Labute approximate surface area is 118 Å². The summed E-state index contributed by atoms with van der Waals surface area (Å²) in [5, 5.41) is 3.43. The van der Waals surface area contributed by atoms with E-state index < -0.39 is 0 Å². The van der Waals surface area contributed by atoms with Crippen molar-refractivity contribution in [3.05, 3.63) is 23.8 Å². The standard InChI is InChI=1S/C15H20N2O3/c1-10-8-17(9-11(2)16-10)15(18)12-4-3-5-13-14(12)20-7-6-19-13/h3-5,10-11,16H,6-9H2,1-2H3. The van der Waals surface area contributed by atoms with E-state index in [9.17, 15) is 4.79 Å². The van der Waals surface area contributed by atoms with Gasteiger partial charge in [-0.3, -0.25) is 4.79 Å². The number of para-hydroxylation sites is 1. The first-order valence-electron chi connectivity index (χ1n) is 7.09. The van der Waals surface area contributed by atoms with E-state index >= 15 is 0 Å². The van der Waals surface area contributed by atoms with Crippen molar-refractivity contribution in [1.29, 1.82) is 0 Å². The molecule has 2 aliphatic rings. The molecule has 0 saturated carbocycles. The van der Waals surface area contributed by atoms with Crippen LogP contribution in [0.4, 0.5) is 0 Å². The van der Waals surface area contributed by atoms with E-state index in [1.165, 1.54) is 0 Å². The topological polar surface area (TPSA) is 50.8 Å². The molecule has 1 N–H and O–H groups in total. The number of ether oxygens (including phenoxy) is 2. The predicted molar refractivity (Wildman–Crippen MR) is 75.4 cm³/mol. The highest BCUT2D eigenvalue weighted by atomic mass is 16.6. The van der Waals surface area contributed by atoms with Gasteiger partial charge in [-0.05, 0) is 26.0 Å². The summed E-state index contributed by atoms with van der Waals surface area (Å²) >= 11 is 0. The lowest BCUT2D eigenvalue weighted by atomic mass is 10.1. The monoisotopic (exact) mass is 276 g/mol. The Morgan fingerprint density at radius 2 is 1.90 bits per heavy atom. The van der Waals surface area contributed by atoms with Gasteiger partial charge in [-0.2, -0.15) is 0 Å². The Morgan fingerprint density at radius 3 is 2.65 bits per heavy atom. The van der Waals surface area contributed by atoms with Crippen LogP contribution in [0.25, 0.3) is 0 Å². The SMILES string of the molecule is CC1CN(C(=O)c2cccc3c2OCCO3)CC(C)N1. The molecule has 0 bridgehead atoms. The third-order valence-corrected chi connectivity index (χ3v) is 3.64. The molecule has 0 radical (unpaired) electrons. The van der Waals surface area contributed by atoms with Crippen molar-refractivity contribution in [3.63, 3.8) is 0 Å². The third-order valence-electron chi connectivity index (χ3n) is 3.64. The Balaban J connectivity index is 1.87. The fraction of sp³-hybridized carbons (Fsp3) is 0.533. The van der Waals surface area contributed by atoms with E-state index in [4.69, 9.17) is 9.47 Å². The predicted octanol–water partition coefficient (Wildman–Crippen LogP) is 1.28. The molecule has 0 aliphatic carbocycles. The molecule has 1 amide bonds. The molecule has 1 aromatic carbocycles. The molecule has 20 heavy (non-hydrogen) atoms. The highest BCUT2D eigenvalue weighted by molar-refractivity contribution is 5.98. The van der Waals surface area contributed by atoms with E-state index in [-0.39, 0.29) is 5.91 Å². The van der Waals surface area contributed by atoms with Crippen molar-refractivity contribution in [1.82, 2.24) is 10.2 Å². The van der Waals surface area contributed by atoms with Gasteiger partial charge >= 0.3 is 0 Å². The summed E-state index contributed by atoms with van der Waals surface area (Å²) in [6, 6.07) is 6.11. The van der Waals surface area contributed by atoms with Crippen molar-refractivity contribution in [2.75, 3.05) is 26.3 Å². The quantitative estimate of drug-likeness (QED) is 0.839. The highest BCUT2D eigenvalue weighted by Crippen LogP contribution is 2.34. The van der Waals surface area contributed by atoms with Crippen LogP contribution < -0.4 is 14.8 Å². The Kier molecular flexibility index (Phi) is 3.53. The normalized spacial score (nSPS) is 25.4. The minimum absolute atomic E-state index is 0.0209.